The molecular formula is C14H20N2O3. The fraction of sp³-hybridized carbons (Fsp3) is 0.429. The van der Waals surface area contributed by atoms with Crippen LogP contribution in [0.5, 0.6) is 0 Å². The van der Waals surface area contributed by atoms with Gasteiger partial charge in [0.2, 0.25) is 5.91 Å². The molecule has 0 aliphatic heterocycles. The monoisotopic (exact) mass is 264 g/mol. The third-order valence-electron chi connectivity index (χ3n) is 2.48. The molecule has 0 radical (unpaired) electrons. The van der Waals surface area contributed by atoms with Gasteiger partial charge in [0, 0.05) is 19.5 Å². The minimum atomic E-state index is -0.251. The zero-order valence-corrected chi connectivity index (χ0v) is 11.1. The Hall–Kier alpha value is -2.04. The average Bonchev–Trinajstić information content (AvgIpc) is 2.93. The molecule has 0 atom stereocenters. The lowest BCUT2D eigenvalue weighted by atomic mass is 10.3. The van der Waals surface area contributed by atoms with Gasteiger partial charge in [-0.25, -0.2) is 0 Å². The van der Waals surface area contributed by atoms with Gasteiger partial charge in [-0.1, -0.05) is 12.2 Å². The quantitative estimate of drug-likeness (QED) is 0.556. The molecule has 0 fully saturated rings. The van der Waals surface area contributed by atoms with E-state index < -0.39 is 0 Å². The summed E-state index contributed by atoms with van der Waals surface area (Å²) in [5.74, 6) is 0.0473. The van der Waals surface area contributed by atoms with Crippen LogP contribution in [0.3, 0.4) is 0 Å². The van der Waals surface area contributed by atoms with Crippen LogP contribution in [0, 0.1) is 0 Å². The van der Waals surface area contributed by atoms with Crippen LogP contribution in [0.2, 0.25) is 0 Å². The molecule has 104 valence electrons. The summed E-state index contributed by atoms with van der Waals surface area (Å²) in [6, 6.07) is 3.26. The highest BCUT2D eigenvalue weighted by atomic mass is 16.3. The predicted molar refractivity (Wildman–Crippen MR) is 72.7 cm³/mol. The Labute approximate surface area is 113 Å². The van der Waals surface area contributed by atoms with Gasteiger partial charge < -0.3 is 15.1 Å². The van der Waals surface area contributed by atoms with E-state index in [1.54, 1.807) is 12.1 Å². The topological polar surface area (TPSA) is 71.3 Å². The lowest BCUT2D eigenvalue weighted by Crippen LogP contribution is -2.27. The second-order valence-electron chi connectivity index (χ2n) is 4.04. The van der Waals surface area contributed by atoms with Crippen LogP contribution in [0.15, 0.2) is 35.0 Å². The summed E-state index contributed by atoms with van der Waals surface area (Å²) in [6.45, 7) is 3.06. The molecule has 5 heteroatoms. The van der Waals surface area contributed by atoms with Crippen molar-refractivity contribution >= 4 is 11.8 Å². The Morgan fingerprint density at radius 3 is 2.84 bits per heavy atom. The number of carbonyl (C=O) groups is 2. The largest absolute Gasteiger partial charge is 0.459 e. The van der Waals surface area contributed by atoms with E-state index in [4.69, 9.17) is 4.42 Å². The molecule has 2 N–H and O–H groups in total. The van der Waals surface area contributed by atoms with Gasteiger partial charge in [-0.05, 0) is 31.9 Å². The van der Waals surface area contributed by atoms with Crippen molar-refractivity contribution < 1.29 is 14.0 Å². The molecule has 2 amide bonds. The fourth-order valence-electron chi connectivity index (χ4n) is 1.50. The Morgan fingerprint density at radius 2 is 2.16 bits per heavy atom. The molecule has 0 spiro atoms. The van der Waals surface area contributed by atoms with Gasteiger partial charge in [0.15, 0.2) is 5.76 Å². The summed E-state index contributed by atoms with van der Waals surface area (Å²) in [6.07, 6.45) is 7.28. The first-order chi connectivity index (χ1) is 9.24. The molecule has 0 aromatic carbocycles. The zero-order valence-electron chi connectivity index (χ0n) is 11.1. The fourth-order valence-corrected chi connectivity index (χ4v) is 1.50. The van der Waals surface area contributed by atoms with E-state index in [-0.39, 0.29) is 17.6 Å². The van der Waals surface area contributed by atoms with Gasteiger partial charge >= 0.3 is 0 Å². The molecule has 0 aliphatic carbocycles. The molecule has 0 aliphatic rings. The molecule has 0 bridgehead atoms. The van der Waals surface area contributed by atoms with E-state index in [1.807, 2.05) is 19.1 Å². The highest BCUT2D eigenvalue weighted by Crippen LogP contribution is 1.99. The molecule has 0 saturated carbocycles. The maximum absolute atomic E-state index is 11.5. The van der Waals surface area contributed by atoms with Crippen molar-refractivity contribution in [1.29, 1.82) is 0 Å². The maximum Gasteiger partial charge on any atom is 0.286 e. The normalized spacial score (nSPS) is 10.6. The van der Waals surface area contributed by atoms with Crippen molar-refractivity contribution in [2.24, 2.45) is 0 Å². The minimum absolute atomic E-state index is 0.0109. The van der Waals surface area contributed by atoms with Crippen molar-refractivity contribution in [2.75, 3.05) is 13.1 Å². The van der Waals surface area contributed by atoms with Crippen LogP contribution in [-0.2, 0) is 4.79 Å². The average molecular weight is 264 g/mol. The number of hydrogen-bond donors (Lipinski definition) is 2. The summed E-state index contributed by atoms with van der Waals surface area (Å²) in [5.41, 5.74) is 0. The second-order valence-corrected chi connectivity index (χ2v) is 4.04. The van der Waals surface area contributed by atoms with E-state index in [0.717, 1.165) is 6.42 Å². The molecule has 5 nitrogen and oxygen atoms in total. The van der Waals surface area contributed by atoms with Gasteiger partial charge in [0.05, 0.1) is 6.26 Å². The number of rotatable bonds is 8. The molecule has 0 saturated heterocycles. The first-order valence-corrected chi connectivity index (χ1v) is 6.43. The first kappa shape index (κ1) is 15.0. The number of amides is 2. The van der Waals surface area contributed by atoms with Crippen molar-refractivity contribution in [2.45, 2.75) is 26.2 Å². The van der Waals surface area contributed by atoms with E-state index in [1.165, 1.54) is 6.26 Å². The maximum atomic E-state index is 11.5. The first-order valence-electron chi connectivity index (χ1n) is 6.43. The van der Waals surface area contributed by atoms with Crippen molar-refractivity contribution in [1.82, 2.24) is 10.6 Å². The van der Waals surface area contributed by atoms with Gasteiger partial charge in [0.25, 0.3) is 5.91 Å². The van der Waals surface area contributed by atoms with Gasteiger partial charge in [0.1, 0.15) is 0 Å². The van der Waals surface area contributed by atoms with E-state index in [9.17, 15) is 9.59 Å². The number of allylic oxidation sites excluding steroid dienone is 1. The second kappa shape index (κ2) is 8.97. The predicted octanol–water partition coefficient (Wildman–Crippen LogP) is 1.87. The van der Waals surface area contributed by atoms with Crippen LogP contribution < -0.4 is 10.6 Å². The zero-order chi connectivity index (χ0) is 13.9. The van der Waals surface area contributed by atoms with Crippen LogP contribution in [0.25, 0.3) is 0 Å². The Morgan fingerprint density at radius 1 is 1.32 bits per heavy atom. The van der Waals surface area contributed by atoms with Gasteiger partial charge in [-0.3, -0.25) is 9.59 Å². The molecule has 1 heterocycles. The standard InChI is InChI=1S/C14H20N2O3/c1-2-3-4-9-15-13(17)8-5-10-16-14(18)12-7-6-11-19-12/h2-3,6-7,11H,4-5,8-10H2,1H3,(H,15,17)(H,16,18)/b3-2+. The minimum Gasteiger partial charge on any atom is -0.459 e. The Bertz CT molecular complexity index is 410. The Kier molecular flexibility index (Phi) is 7.09. The van der Waals surface area contributed by atoms with Crippen molar-refractivity contribution in [3.63, 3.8) is 0 Å². The van der Waals surface area contributed by atoms with Gasteiger partial charge in [-0.15, -0.1) is 0 Å². The highest BCUT2D eigenvalue weighted by Gasteiger charge is 2.07. The SMILES string of the molecule is C/C=C/CCNC(=O)CCCNC(=O)c1ccco1. The summed E-state index contributed by atoms with van der Waals surface area (Å²) >= 11 is 0. The molecule has 19 heavy (non-hydrogen) atoms. The Balaban J connectivity index is 2.04. The van der Waals surface area contributed by atoms with Crippen LogP contribution >= 0.6 is 0 Å². The number of hydrogen-bond acceptors (Lipinski definition) is 3. The van der Waals surface area contributed by atoms with E-state index in [0.29, 0.717) is 25.9 Å². The van der Waals surface area contributed by atoms with E-state index >= 15 is 0 Å². The highest BCUT2D eigenvalue weighted by molar-refractivity contribution is 5.91. The van der Waals surface area contributed by atoms with Crippen molar-refractivity contribution in [3.8, 4) is 0 Å². The van der Waals surface area contributed by atoms with Crippen LogP contribution in [0.4, 0.5) is 0 Å². The summed E-state index contributed by atoms with van der Waals surface area (Å²) in [7, 11) is 0. The summed E-state index contributed by atoms with van der Waals surface area (Å²) in [5, 5.41) is 5.50. The smallest absolute Gasteiger partial charge is 0.286 e. The van der Waals surface area contributed by atoms with Crippen LogP contribution in [-0.4, -0.2) is 24.9 Å². The molecule has 1 aromatic rings. The third-order valence-corrected chi connectivity index (χ3v) is 2.48. The summed E-state index contributed by atoms with van der Waals surface area (Å²) in [4.78, 5) is 22.9. The number of furan rings is 1. The third kappa shape index (κ3) is 6.45. The van der Waals surface area contributed by atoms with Crippen LogP contribution in [0.1, 0.15) is 36.7 Å². The lowest BCUT2D eigenvalue weighted by molar-refractivity contribution is -0.121. The molecule has 0 unspecified atom stereocenters. The molecular weight excluding hydrogens is 244 g/mol. The number of carbonyl (C=O) groups excluding carboxylic acids is 2. The number of nitrogens with one attached hydrogen (secondary N) is 2. The van der Waals surface area contributed by atoms with Gasteiger partial charge in [-0.2, -0.15) is 0 Å². The molecule has 1 aromatic heterocycles. The van der Waals surface area contributed by atoms with Crippen molar-refractivity contribution in [3.05, 3.63) is 36.3 Å². The lowest BCUT2D eigenvalue weighted by Gasteiger charge is -2.04. The van der Waals surface area contributed by atoms with E-state index in [2.05, 4.69) is 10.6 Å². The summed E-state index contributed by atoms with van der Waals surface area (Å²) < 4.78 is 4.95. The molecule has 1 rings (SSSR count).